The number of carbonyl (C=O) groups excluding carboxylic acids is 1. The zero-order valence-corrected chi connectivity index (χ0v) is 15.6. The van der Waals surface area contributed by atoms with E-state index in [0.29, 0.717) is 12.5 Å². The van der Waals surface area contributed by atoms with Gasteiger partial charge in [-0.1, -0.05) is 18.9 Å². The van der Waals surface area contributed by atoms with Gasteiger partial charge in [0.05, 0.1) is 10.7 Å². The zero-order valence-electron chi connectivity index (χ0n) is 14.8. The zero-order chi connectivity index (χ0) is 17.5. The van der Waals surface area contributed by atoms with E-state index in [9.17, 15) is 4.79 Å². The summed E-state index contributed by atoms with van der Waals surface area (Å²) in [4.78, 5) is 21.9. The van der Waals surface area contributed by atoms with E-state index in [2.05, 4.69) is 26.7 Å². The van der Waals surface area contributed by atoms with Crippen LogP contribution >= 0.6 is 11.3 Å². The lowest BCUT2D eigenvalue weighted by molar-refractivity contribution is 0.0956. The summed E-state index contributed by atoms with van der Waals surface area (Å²) in [6, 6.07) is 3.99. The second-order valence-electron chi connectivity index (χ2n) is 6.60. The van der Waals surface area contributed by atoms with E-state index >= 15 is 0 Å². The minimum Gasteiger partial charge on any atom is -0.351 e. The van der Waals surface area contributed by atoms with Gasteiger partial charge in [0, 0.05) is 31.4 Å². The molecule has 0 aliphatic heterocycles. The Morgan fingerprint density at radius 1 is 1.32 bits per heavy atom. The van der Waals surface area contributed by atoms with Crippen molar-refractivity contribution in [2.45, 2.75) is 51.5 Å². The SMILES string of the molecule is Cc1nc(C2CCCC2)sc1C(=O)NCCCNCc1cccnc1. The average Bonchev–Trinajstić information content (AvgIpc) is 3.28. The molecule has 1 saturated carbocycles. The molecule has 0 unspecified atom stereocenters. The molecule has 0 radical (unpaired) electrons. The maximum atomic E-state index is 12.4. The number of hydrogen-bond donors (Lipinski definition) is 2. The number of aromatic nitrogens is 2. The molecular weight excluding hydrogens is 332 g/mol. The number of thiazole rings is 1. The van der Waals surface area contributed by atoms with Gasteiger partial charge in [-0.15, -0.1) is 11.3 Å². The minimum absolute atomic E-state index is 0.0199. The van der Waals surface area contributed by atoms with Gasteiger partial charge >= 0.3 is 0 Å². The van der Waals surface area contributed by atoms with Crippen molar-refractivity contribution in [1.29, 1.82) is 0 Å². The number of carbonyl (C=O) groups is 1. The molecule has 0 bridgehead atoms. The second-order valence-corrected chi connectivity index (χ2v) is 7.63. The van der Waals surface area contributed by atoms with E-state index < -0.39 is 0 Å². The van der Waals surface area contributed by atoms with Crippen LogP contribution in [0.25, 0.3) is 0 Å². The van der Waals surface area contributed by atoms with E-state index in [1.165, 1.54) is 31.2 Å². The fraction of sp³-hybridized carbons (Fsp3) is 0.526. The van der Waals surface area contributed by atoms with Gasteiger partial charge in [0.15, 0.2) is 0 Å². The molecule has 3 rings (SSSR count). The van der Waals surface area contributed by atoms with Crippen LogP contribution in [0, 0.1) is 6.92 Å². The van der Waals surface area contributed by atoms with Crippen molar-refractivity contribution in [3.05, 3.63) is 45.7 Å². The Balaban J connectivity index is 1.37. The third-order valence-corrected chi connectivity index (χ3v) is 5.91. The number of rotatable bonds is 8. The van der Waals surface area contributed by atoms with E-state index in [-0.39, 0.29) is 5.91 Å². The van der Waals surface area contributed by atoms with Gasteiger partial charge in [-0.05, 0) is 44.4 Å². The summed E-state index contributed by atoms with van der Waals surface area (Å²) in [6.45, 7) is 4.29. The molecule has 2 heterocycles. The van der Waals surface area contributed by atoms with Crippen LogP contribution in [-0.4, -0.2) is 29.0 Å². The molecule has 0 aromatic carbocycles. The Labute approximate surface area is 153 Å². The molecule has 2 aromatic heterocycles. The van der Waals surface area contributed by atoms with Gasteiger partial charge in [-0.2, -0.15) is 0 Å². The standard InChI is InChI=1S/C19H26N4OS/c1-14-17(25-19(23-14)16-7-2-3-8-16)18(24)22-11-5-10-21-13-15-6-4-9-20-12-15/h4,6,9,12,16,21H,2-3,5,7-8,10-11,13H2,1H3,(H,22,24). The predicted octanol–water partition coefficient (Wildman–Crippen LogP) is 3.41. The molecule has 134 valence electrons. The highest BCUT2D eigenvalue weighted by Crippen LogP contribution is 2.37. The molecule has 5 nitrogen and oxygen atoms in total. The monoisotopic (exact) mass is 358 g/mol. The molecule has 0 atom stereocenters. The number of nitrogens with one attached hydrogen (secondary N) is 2. The van der Waals surface area contributed by atoms with Crippen molar-refractivity contribution < 1.29 is 4.79 Å². The Bertz CT molecular complexity index is 680. The molecule has 25 heavy (non-hydrogen) atoms. The Morgan fingerprint density at radius 2 is 2.16 bits per heavy atom. The lowest BCUT2D eigenvalue weighted by atomic mass is 10.1. The highest BCUT2D eigenvalue weighted by atomic mass is 32.1. The van der Waals surface area contributed by atoms with Gasteiger partial charge in [-0.3, -0.25) is 9.78 Å². The molecule has 1 fully saturated rings. The average molecular weight is 359 g/mol. The van der Waals surface area contributed by atoms with Crippen LogP contribution in [0.5, 0.6) is 0 Å². The number of pyridine rings is 1. The van der Waals surface area contributed by atoms with Crippen molar-refractivity contribution in [1.82, 2.24) is 20.6 Å². The summed E-state index contributed by atoms with van der Waals surface area (Å²) < 4.78 is 0. The largest absolute Gasteiger partial charge is 0.351 e. The van der Waals surface area contributed by atoms with E-state index in [4.69, 9.17) is 0 Å². The Morgan fingerprint density at radius 3 is 2.92 bits per heavy atom. The van der Waals surface area contributed by atoms with Crippen LogP contribution in [0.4, 0.5) is 0 Å². The van der Waals surface area contributed by atoms with Crippen molar-refractivity contribution in [2.24, 2.45) is 0 Å². The maximum absolute atomic E-state index is 12.4. The number of nitrogens with zero attached hydrogens (tertiary/aromatic N) is 2. The van der Waals surface area contributed by atoms with Crippen LogP contribution in [0.2, 0.25) is 0 Å². The van der Waals surface area contributed by atoms with Gasteiger partial charge in [0.2, 0.25) is 0 Å². The summed E-state index contributed by atoms with van der Waals surface area (Å²) in [6.07, 6.45) is 9.56. The number of hydrogen-bond acceptors (Lipinski definition) is 5. The molecule has 2 N–H and O–H groups in total. The smallest absolute Gasteiger partial charge is 0.263 e. The fourth-order valence-electron chi connectivity index (χ4n) is 3.21. The van der Waals surface area contributed by atoms with Gasteiger partial charge < -0.3 is 10.6 Å². The predicted molar refractivity (Wildman–Crippen MR) is 101 cm³/mol. The summed E-state index contributed by atoms with van der Waals surface area (Å²) in [7, 11) is 0. The van der Waals surface area contributed by atoms with E-state index in [1.807, 2.05) is 19.2 Å². The molecule has 1 aliphatic rings. The molecule has 1 aliphatic carbocycles. The second kappa shape index (κ2) is 9.06. The summed E-state index contributed by atoms with van der Waals surface area (Å²) in [5, 5.41) is 7.54. The fourth-order valence-corrected chi connectivity index (χ4v) is 4.36. The van der Waals surface area contributed by atoms with Crippen molar-refractivity contribution in [2.75, 3.05) is 13.1 Å². The molecule has 0 saturated heterocycles. The first kappa shape index (κ1) is 18.0. The summed E-state index contributed by atoms with van der Waals surface area (Å²) in [5.74, 6) is 0.591. The van der Waals surface area contributed by atoms with Crippen LogP contribution in [-0.2, 0) is 6.54 Å². The number of amides is 1. The lowest BCUT2D eigenvalue weighted by Gasteiger charge is -2.06. The van der Waals surface area contributed by atoms with Crippen LogP contribution in [0.15, 0.2) is 24.5 Å². The van der Waals surface area contributed by atoms with Crippen molar-refractivity contribution in [3.8, 4) is 0 Å². The minimum atomic E-state index is 0.0199. The number of aryl methyl sites for hydroxylation is 1. The summed E-state index contributed by atoms with van der Waals surface area (Å²) in [5.41, 5.74) is 2.05. The van der Waals surface area contributed by atoms with E-state index in [0.717, 1.165) is 35.1 Å². The molecular formula is C19H26N4OS. The van der Waals surface area contributed by atoms with Crippen LogP contribution < -0.4 is 10.6 Å². The Hall–Kier alpha value is -1.79. The van der Waals surface area contributed by atoms with Gasteiger partial charge in [-0.25, -0.2) is 4.98 Å². The van der Waals surface area contributed by atoms with Crippen molar-refractivity contribution >= 4 is 17.2 Å². The first-order chi connectivity index (χ1) is 12.2. The molecule has 2 aromatic rings. The summed E-state index contributed by atoms with van der Waals surface area (Å²) >= 11 is 1.58. The maximum Gasteiger partial charge on any atom is 0.263 e. The third-order valence-electron chi connectivity index (χ3n) is 4.59. The van der Waals surface area contributed by atoms with Crippen LogP contribution in [0.1, 0.15) is 64.0 Å². The molecule has 1 amide bonds. The first-order valence-electron chi connectivity index (χ1n) is 9.09. The Kier molecular flexibility index (Phi) is 6.53. The van der Waals surface area contributed by atoms with Crippen LogP contribution in [0.3, 0.4) is 0 Å². The lowest BCUT2D eigenvalue weighted by Crippen LogP contribution is -2.27. The van der Waals surface area contributed by atoms with Gasteiger partial charge in [0.25, 0.3) is 5.91 Å². The highest BCUT2D eigenvalue weighted by Gasteiger charge is 2.23. The quantitative estimate of drug-likeness (QED) is 0.710. The normalized spacial score (nSPS) is 14.8. The first-order valence-corrected chi connectivity index (χ1v) is 9.91. The van der Waals surface area contributed by atoms with E-state index in [1.54, 1.807) is 17.5 Å². The molecule has 0 spiro atoms. The topological polar surface area (TPSA) is 66.9 Å². The third kappa shape index (κ3) is 5.09. The van der Waals surface area contributed by atoms with Gasteiger partial charge in [0.1, 0.15) is 4.88 Å². The van der Waals surface area contributed by atoms with Crippen molar-refractivity contribution in [3.63, 3.8) is 0 Å². The highest BCUT2D eigenvalue weighted by molar-refractivity contribution is 7.13. The molecule has 6 heteroatoms.